The molecule has 4 aromatic rings. The molecule has 4 nitrogen and oxygen atoms in total. The van der Waals surface area contributed by atoms with E-state index in [1.54, 1.807) is 0 Å². The molecule has 5 heteroatoms. The minimum Gasteiger partial charge on any atom is -0.392 e. The van der Waals surface area contributed by atoms with Crippen molar-refractivity contribution >= 4 is 0 Å². The maximum atomic E-state index is 9.95. The van der Waals surface area contributed by atoms with Crippen LogP contribution in [0.2, 0.25) is 0 Å². The Morgan fingerprint density at radius 3 is 1.95 bits per heavy atom. The van der Waals surface area contributed by atoms with Crippen LogP contribution in [-0.4, -0.2) is 32.4 Å². The molecule has 40 heavy (non-hydrogen) atoms. The maximum Gasteiger partial charge on any atom is 0.0873 e. The molecule has 0 fully saturated rings. The minimum absolute atomic E-state index is 0. The van der Waals surface area contributed by atoms with Crippen LogP contribution in [0.25, 0.3) is 33.8 Å². The predicted molar refractivity (Wildman–Crippen MR) is 162 cm³/mol. The van der Waals surface area contributed by atoms with Crippen LogP contribution in [0.5, 0.6) is 0 Å². The van der Waals surface area contributed by atoms with Gasteiger partial charge in [-0.3, -0.25) is 4.98 Å². The van der Waals surface area contributed by atoms with E-state index in [1.165, 1.54) is 5.56 Å². The van der Waals surface area contributed by atoms with Gasteiger partial charge < -0.3 is 15.2 Å². The summed E-state index contributed by atoms with van der Waals surface area (Å²) >= 11 is 0. The topological polar surface area (TPSA) is 66.2 Å². The fourth-order valence-corrected chi connectivity index (χ4v) is 3.91. The molecule has 1 aromatic heterocycles. The monoisotopic (exact) mass is 716 g/mol. The van der Waals surface area contributed by atoms with Crippen LogP contribution in [0.4, 0.5) is 0 Å². The summed E-state index contributed by atoms with van der Waals surface area (Å²) in [7, 11) is 0. The molecule has 0 aliphatic heterocycles. The van der Waals surface area contributed by atoms with Gasteiger partial charge in [0.25, 0.3) is 0 Å². The van der Waals surface area contributed by atoms with E-state index in [4.69, 9.17) is 9.97 Å². The Balaban J connectivity index is 0.000000323. The molecule has 2 unspecified atom stereocenters. The molecule has 2 atom stereocenters. The number of aliphatic hydroxyl groups is 2. The van der Waals surface area contributed by atoms with Crippen LogP contribution in [0.15, 0.2) is 85.1 Å². The van der Waals surface area contributed by atoms with Gasteiger partial charge in [0.15, 0.2) is 0 Å². The summed E-state index contributed by atoms with van der Waals surface area (Å²) in [6.45, 7) is 14.2. The Morgan fingerprint density at radius 1 is 0.775 bits per heavy atom. The van der Waals surface area contributed by atoms with Crippen molar-refractivity contribution in [1.82, 2.24) is 9.97 Å². The van der Waals surface area contributed by atoms with Crippen LogP contribution in [0.3, 0.4) is 0 Å². The third-order valence-corrected chi connectivity index (χ3v) is 7.39. The van der Waals surface area contributed by atoms with Crippen molar-refractivity contribution in [2.75, 3.05) is 0 Å². The fraction of sp³-hybridized carbons (Fsp3) is 0.371. The molecule has 0 bridgehead atoms. The van der Waals surface area contributed by atoms with Crippen LogP contribution >= 0.6 is 0 Å². The second kappa shape index (κ2) is 14.8. The number of aryl methyl sites for hydroxylation is 1. The zero-order valence-electron chi connectivity index (χ0n) is 24.8. The van der Waals surface area contributed by atoms with Crippen LogP contribution < -0.4 is 0 Å². The number of hydrogen-bond donors (Lipinski definition) is 2. The van der Waals surface area contributed by atoms with Gasteiger partial charge in [-0.15, -0.1) is 35.9 Å². The first kappa shape index (κ1) is 33.5. The van der Waals surface area contributed by atoms with Crippen LogP contribution in [0.1, 0.15) is 59.9 Å². The SMILES string of the molecule is CCC(C)(C)C(O)CC(O)C(C)(C)C.Cc1ccc(-c2cnc(-c3[c-]cccc3)c(-c3ccccc3)n2)cc1.[Ir]. The zero-order chi connectivity index (χ0) is 28.6. The van der Waals surface area contributed by atoms with E-state index in [0.29, 0.717) is 6.42 Å². The van der Waals surface area contributed by atoms with Gasteiger partial charge in [0.1, 0.15) is 0 Å². The molecule has 0 saturated carbocycles. The summed E-state index contributed by atoms with van der Waals surface area (Å²) in [5.41, 5.74) is 6.65. The number of rotatable bonds is 7. The number of hydrogen-bond acceptors (Lipinski definition) is 4. The first-order chi connectivity index (χ1) is 18.4. The molecule has 1 radical (unpaired) electrons. The van der Waals surface area contributed by atoms with E-state index in [2.05, 4.69) is 56.3 Å². The standard InChI is InChI=1S/C23H17N2.C12H26O2.Ir/c1-17-12-14-18(15-13-17)21-16-24-22(19-8-4-2-5-9-19)23(25-21)20-10-6-3-7-11-20;1-7-12(5,6)10(14)8-9(13)11(2,3)4;/h2-8,10-16H,1H3;9-10,13-14H,7-8H2,1-6H3;/q-1;;. The van der Waals surface area contributed by atoms with Crippen molar-refractivity contribution < 1.29 is 30.3 Å². The summed E-state index contributed by atoms with van der Waals surface area (Å²) in [5.74, 6) is 0. The minimum atomic E-state index is -0.441. The van der Waals surface area contributed by atoms with Crippen molar-refractivity contribution in [3.05, 3.63) is 96.7 Å². The van der Waals surface area contributed by atoms with Crippen LogP contribution in [-0.2, 0) is 20.1 Å². The Labute approximate surface area is 254 Å². The van der Waals surface area contributed by atoms with Crippen molar-refractivity contribution in [3.8, 4) is 33.8 Å². The van der Waals surface area contributed by atoms with Crippen molar-refractivity contribution in [2.45, 2.75) is 73.5 Å². The van der Waals surface area contributed by atoms with Gasteiger partial charge in [-0.2, -0.15) is 0 Å². The molecule has 2 N–H and O–H groups in total. The van der Waals surface area contributed by atoms with E-state index in [1.807, 2.05) is 83.3 Å². The summed E-state index contributed by atoms with van der Waals surface area (Å²) in [6.07, 6.45) is 2.35. The van der Waals surface area contributed by atoms with E-state index in [9.17, 15) is 10.2 Å². The smallest absolute Gasteiger partial charge is 0.0873 e. The molecule has 0 amide bonds. The van der Waals surface area contributed by atoms with E-state index >= 15 is 0 Å². The molecule has 0 aliphatic rings. The van der Waals surface area contributed by atoms with Gasteiger partial charge in [-0.1, -0.05) is 102 Å². The van der Waals surface area contributed by atoms with Gasteiger partial charge in [-0.05, 0) is 29.7 Å². The van der Waals surface area contributed by atoms with E-state index < -0.39 is 12.2 Å². The molecule has 0 saturated heterocycles. The third-order valence-electron chi connectivity index (χ3n) is 7.39. The second-order valence-corrected chi connectivity index (χ2v) is 11.9. The average molecular weight is 716 g/mol. The molecule has 4 rings (SSSR count). The predicted octanol–water partition coefficient (Wildman–Crippen LogP) is 8.16. The number of aliphatic hydroxyl groups excluding tert-OH is 2. The van der Waals surface area contributed by atoms with Gasteiger partial charge in [-0.25, -0.2) is 0 Å². The van der Waals surface area contributed by atoms with Crippen LogP contribution in [0, 0.1) is 23.8 Å². The van der Waals surface area contributed by atoms with Crippen molar-refractivity contribution in [2.24, 2.45) is 10.8 Å². The summed E-state index contributed by atoms with van der Waals surface area (Å²) in [4.78, 5) is 9.67. The second-order valence-electron chi connectivity index (χ2n) is 11.9. The summed E-state index contributed by atoms with van der Waals surface area (Å²) in [5, 5.41) is 19.8. The van der Waals surface area contributed by atoms with Gasteiger partial charge in [0, 0.05) is 44.0 Å². The Bertz CT molecular complexity index is 1300. The Morgan fingerprint density at radius 2 is 1.40 bits per heavy atom. The number of nitrogens with zero attached hydrogens (tertiary/aromatic N) is 2. The average Bonchev–Trinajstić information content (AvgIpc) is 2.94. The van der Waals surface area contributed by atoms with Gasteiger partial charge >= 0.3 is 0 Å². The summed E-state index contributed by atoms with van der Waals surface area (Å²) in [6, 6.07) is 29.7. The molecular weight excluding hydrogens is 673 g/mol. The molecule has 0 aliphatic carbocycles. The fourth-order valence-electron chi connectivity index (χ4n) is 3.91. The van der Waals surface area contributed by atoms with Crippen molar-refractivity contribution in [1.29, 1.82) is 0 Å². The Kier molecular flexibility index (Phi) is 12.4. The first-order valence-corrected chi connectivity index (χ1v) is 13.7. The first-order valence-electron chi connectivity index (χ1n) is 13.7. The van der Waals surface area contributed by atoms with Crippen molar-refractivity contribution in [3.63, 3.8) is 0 Å². The van der Waals surface area contributed by atoms with Gasteiger partial charge in [0.2, 0.25) is 0 Å². The molecule has 215 valence electrons. The van der Waals surface area contributed by atoms with Gasteiger partial charge in [0.05, 0.1) is 23.6 Å². The molecular formula is C35H43IrN2O2-. The molecule has 3 aromatic carbocycles. The largest absolute Gasteiger partial charge is 0.392 e. The summed E-state index contributed by atoms with van der Waals surface area (Å²) < 4.78 is 0. The molecule has 0 spiro atoms. The zero-order valence-corrected chi connectivity index (χ0v) is 27.2. The quantitative estimate of drug-likeness (QED) is 0.190. The van der Waals surface area contributed by atoms with E-state index in [0.717, 1.165) is 40.2 Å². The third kappa shape index (κ3) is 9.17. The maximum absolute atomic E-state index is 9.95. The number of benzene rings is 3. The van der Waals surface area contributed by atoms with E-state index in [-0.39, 0.29) is 30.9 Å². The number of aromatic nitrogens is 2. The molecule has 1 heterocycles. The Hall–Kier alpha value is -2.69. The normalized spacial score (nSPS) is 12.9.